The molecule has 0 saturated heterocycles. The molecule has 0 bridgehead atoms. The number of hydrogen-bond donors (Lipinski definition) is 1. The highest BCUT2D eigenvalue weighted by Crippen LogP contribution is 2.44. The number of nitrogens with one attached hydrogen (secondary N) is 1. The van der Waals surface area contributed by atoms with Gasteiger partial charge in [0.2, 0.25) is 0 Å². The Morgan fingerprint density at radius 3 is 2.72 bits per heavy atom. The number of benzene rings is 1. The van der Waals surface area contributed by atoms with E-state index in [0.717, 1.165) is 29.7 Å². The van der Waals surface area contributed by atoms with Crippen LogP contribution in [0.15, 0.2) is 30.3 Å². The molecule has 25 heavy (non-hydrogen) atoms. The number of esters is 1. The van der Waals surface area contributed by atoms with Crippen LogP contribution in [0.4, 0.5) is 0 Å². The van der Waals surface area contributed by atoms with Crippen molar-refractivity contribution in [2.75, 3.05) is 13.7 Å². The fourth-order valence-electron chi connectivity index (χ4n) is 3.15. The molecule has 2 aromatic rings. The molecular formula is C19H21NO4S. The molecule has 1 aliphatic carbocycles. The molecule has 5 nitrogen and oxygen atoms in total. The number of rotatable bonds is 5. The number of fused-ring (bicyclic) bond motifs is 1. The zero-order chi connectivity index (χ0) is 17.8. The fraction of sp³-hybridized carbons (Fsp3) is 0.368. The summed E-state index contributed by atoms with van der Waals surface area (Å²) < 4.78 is 10.6. The van der Waals surface area contributed by atoms with Crippen LogP contribution in [-0.4, -0.2) is 25.6 Å². The zero-order valence-electron chi connectivity index (χ0n) is 14.3. The summed E-state index contributed by atoms with van der Waals surface area (Å²) in [6.07, 6.45) is 2.63. The van der Waals surface area contributed by atoms with Crippen molar-refractivity contribution in [3.05, 3.63) is 51.9 Å². The Morgan fingerprint density at radius 1 is 1.28 bits per heavy atom. The number of thiophene rings is 1. The third kappa shape index (κ3) is 3.54. The van der Waals surface area contributed by atoms with Crippen LogP contribution in [0.1, 0.15) is 57.0 Å². The first-order chi connectivity index (χ1) is 12.2. The lowest BCUT2D eigenvalue weighted by Gasteiger charge is -2.24. The molecule has 132 valence electrons. The summed E-state index contributed by atoms with van der Waals surface area (Å²) >= 11 is 1.47. The van der Waals surface area contributed by atoms with Gasteiger partial charge < -0.3 is 14.8 Å². The Hall–Kier alpha value is -2.34. The van der Waals surface area contributed by atoms with Gasteiger partial charge in [-0.05, 0) is 38.3 Å². The standard InChI is InChI=1S/C19H21NO4S/c1-3-24-18(22)16-15-13(10-7-11-14(15)25-19(16)23-2)20-17(21)12-8-5-4-6-9-12/h4-6,8-9,13H,3,7,10-11H2,1-2H3,(H,20,21). The monoisotopic (exact) mass is 359 g/mol. The molecular weight excluding hydrogens is 338 g/mol. The molecule has 0 saturated carbocycles. The fourth-order valence-corrected chi connectivity index (χ4v) is 4.35. The molecule has 6 heteroatoms. The molecule has 1 aromatic heterocycles. The van der Waals surface area contributed by atoms with E-state index in [2.05, 4.69) is 5.32 Å². The Balaban J connectivity index is 1.94. The summed E-state index contributed by atoms with van der Waals surface area (Å²) in [5.74, 6) is -0.531. The van der Waals surface area contributed by atoms with Gasteiger partial charge in [-0.25, -0.2) is 4.79 Å². The van der Waals surface area contributed by atoms with Crippen molar-refractivity contribution >= 4 is 23.2 Å². The van der Waals surface area contributed by atoms with Gasteiger partial charge in [0, 0.05) is 16.0 Å². The lowest BCUT2D eigenvalue weighted by Crippen LogP contribution is -2.31. The van der Waals surface area contributed by atoms with Crippen molar-refractivity contribution in [2.24, 2.45) is 0 Å². The van der Waals surface area contributed by atoms with E-state index in [0.29, 0.717) is 22.8 Å². The Kier molecular flexibility index (Phi) is 5.38. The van der Waals surface area contributed by atoms with E-state index in [1.165, 1.54) is 11.3 Å². The minimum Gasteiger partial charge on any atom is -0.487 e. The van der Waals surface area contributed by atoms with E-state index in [1.54, 1.807) is 26.2 Å². The van der Waals surface area contributed by atoms with E-state index in [9.17, 15) is 9.59 Å². The molecule has 1 unspecified atom stereocenters. The zero-order valence-corrected chi connectivity index (χ0v) is 15.2. The van der Waals surface area contributed by atoms with Crippen LogP contribution in [0, 0.1) is 0 Å². The van der Waals surface area contributed by atoms with Crippen molar-refractivity contribution in [1.29, 1.82) is 0 Å². The number of carbonyl (C=O) groups excluding carboxylic acids is 2. The van der Waals surface area contributed by atoms with Gasteiger partial charge in [0.15, 0.2) is 5.06 Å². The molecule has 1 aromatic carbocycles. The Bertz CT molecular complexity index is 769. The predicted molar refractivity (Wildman–Crippen MR) is 96.4 cm³/mol. The van der Waals surface area contributed by atoms with E-state index in [1.807, 2.05) is 18.2 Å². The number of methoxy groups -OCH3 is 1. The summed E-state index contributed by atoms with van der Waals surface area (Å²) in [5, 5.41) is 3.63. The van der Waals surface area contributed by atoms with E-state index in [-0.39, 0.29) is 11.9 Å². The lowest BCUT2D eigenvalue weighted by atomic mass is 9.90. The molecule has 3 rings (SSSR count). The van der Waals surface area contributed by atoms with Crippen molar-refractivity contribution in [1.82, 2.24) is 5.32 Å². The maximum absolute atomic E-state index is 12.6. The van der Waals surface area contributed by atoms with E-state index >= 15 is 0 Å². The first kappa shape index (κ1) is 17.5. The van der Waals surface area contributed by atoms with Crippen molar-refractivity contribution in [3.8, 4) is 5.06 Å². The highest BCUT2D eigenvalue weighted by atomic mass is 32.1. The van der Waals surface area contributed by atoms with Crippen molar-refractivity contribution in [3.63, 3.8) is 0 Å². The first-order valence-corrected chi connectivity index (χ1v) is 9.20. The third-order valence-electron chi connectivity index (χ3n) is 4.24. The van der Waals surface area contributed by atoms with Gasteiger partial charge in [-0.3, -0.25) is 4.79 Å². The van der Waals surface area contributed by atoms with Crippen LogP contribution in [0.25, 0.3) is 0 Å². The van der Waals surface area contributed by atoms with Crippen LogP contribution in [-0.2, 0) is 11.2 Å². The molecule has 1 heterocycles. The second kappa shape index (κ2) is 7.70. The highest BCUT2D eigenvalue weighted by molar-refractivity contribution is 7.14. The second-order valence-electron chi connectivity index (χ2n) is 5.81. The van der Waals surface area contributed by atoms with E-state index in [4.69, 9.17) is 9.47 Å². The Labute approximate surface area is 151 Å². The van der Waals surface area contributed by atoms with Crippen LogP contribution in [0.5, 0.6) is 5.06 Å². The molecule has 1 amide bonds. The maximum atomic E-state index is 12.6. The molecule has 1 N–H and O–H groups in total. The predicted octanol–water partition coefficient (Wildman–Crippen LogP) is 3.74. The summed E-state index contributed by atoms with van der Waals surface area (Å²) in [6, 6.07) is 8.88. The van der Waals surface area contributed by atoms with Crippen LogP contribution in [0.3, 0.4) is 0 Å². The number of carbonyl (C=O) groups is 2. The highest BCUT2D eigenvalue weighted by Gasteiger charge is 2.33. The number of aryl methyl sites for hydroxylation is 1. The van der Waals surface area contributed by atoms with Gasteiger partial charge in [0.1, 0.15) is 5.56 Å². The van der Waals surface area contributed by atoms with Crippen molar-refractivity contribution < 1.29 is 19.1 Å². The van der Waals surface area contributed by atoms with Crippen LogP contribution >= 0.6 is 11.3 Å². The Morgan fingerprint density at radius 2 is 2.04 bits per heavy atom. The van der Waals surface area contributed by atoms with Gasteiger partial charge in [-0.1, -0.05) is 18.2 Å². The summed E-state index contributed by atoms with van der Waals surface area (Å²) in [4.78, 5) is 26.1. The molecule has 0 fully saturated rings. The molecule has 1 atom stereocenters. The maximum Gasteiger partial charge on any atom is 0.343 e. The van der Waals surface area contributed by atoms with Gasteiger partial charge in [0.25, 0.3) is 5.91 Å². The van der Waals surface area contributed by atoms with Gasteiger partial charge in [-0.15, -0.1) is 11.3 Å². The van der Waals surface area contributed by atoms with E-state index < -0.39 is 5.97 Å². The number of hydrogen-bond acceptors (Lipinski definition) is 5. The SMILES string of the molecule is CCOC(=O)c1c(OC)sc2c1C(NC(=O)c1ccccc1)CCC2. The second-order valence-corrected chi connectivity index (χ2v) is 6.88. The molecule has 0 radical (unpaired) electrons. The summed E-state index contributed by atoms with van der Waals surface area (Å²) in [7, 11) is 1.55. The molecule has 1 aliphatic rings. The quantitative estimate of drug-likeness (QED) is 0.826. The largest absolute Gasteiger partial charge is 0.487 e. The normalized spacial score (nSPS) is 16.0. The van der Waals surface area contributed by atoms with Crippen LogP contribution < -0.4 is 10.1 Å². The first-order valence-electron chi connectivity index (χ1n) is 8.38. The van der Waals surface area contributed by atoms with Gasteiger partial charge in [-0.2, -0.15) is 0 Å². The summed E-state index contributed by atoms with van der Waals surface area (Å²) in [6.45, 7) is 2.07. The average molecular weight is 359 g/mol. The number of ether oxygens (including phenoxy) is 2. The van der Waals surface area contributed by atoms with Crippen molar-refractivity contribution in [2.45, 2.75) is 32.2 Å². The smallest absolute Gasteiger partial charge is 0.343 e. The summed E-state index contributed by atoms with van der Waals surface area (Å²) in [5.41, 5.74) is 1.92. The average Bonchev–Trinajstić information content (AvgIpc) is 3.02. The third-order valence-corrected chi connectivity index (χ3v) is 5.47. The van der Waals surface area contributed by atoms with Gasteiger partial charge in [0.05, 0.1) is 19.8 Å². The molecule has 0 aliphatic heterocycles. The lowest BCUT2D eigenvalue weighted by molar-refractivity contribution is 0.0520. The van der Waals surface area contributed by atoms with Crippen LogP contribution in [0.2, 0.25) is 0 Å². The minimum absolute atomic E-state index is 0.140. The molecule has 0 spiro atoms. The minimum atomic E-state index is -0.391. The number of amides is 1. The van der Waals surface area contributed by atoms with Gasteiger partial charge >= 0.3 is 5.97 Å². The topological polar surface area (TPSA) is 64.6 Å².